The van der Waals surface area contributed by atoms with Crippen LogP contribution in [0, 0.1) is 0 Å². The lowest BCUT2D eigenvalue weighted by Gasteiger charge is -2.11. The fourth-order valence-corrected chi connectivity index (χ4v) is 5.47. The summed E-state index contributed by atoms with van der Waals surface area (Å²) in [6.07, 6.45) is -3.97. The second kappa shape index (κ2) is 10.5. The Morgan fingerprint density at radius 2 is 1.78 bits per heavy atom. The normalized spacial score (nSPS) is 11.8. The number of hydrogen-bond donors (Lipinski definition) is 1. The predicted molar refractivity (Wildman–Crippen MR) is 133 cm³/mol. The summed E-state index contributed by atoms with van der Waals surface area (Å²) in [5.74, 6) is -0.334. The molecule has 0 radical (unpaired) electrons. The zero-order valence-corrected chi connectivity index (χ0v) is 20.7. The lowest BCUT2D eigenvalue weighted by molar-refractivity contribution is -0.274. The molecule has 0 aliphatic heterocycles. The van der Waals surface area contributed by atoms with E-state index < -0.39 is 17.6 Å². The van der Waals surface area contributed by atoms with Crippen molar-refractivity contribution in [2.45, 2.75) is 32.2 Å². The number of hydrogen-bond acceptors (Lipinski definition) is 5. The molecule has 4 rings (SSSR count). The molecule has 0 spiro atoms. The summed E-state index contributed by atoms with van der Waals surface area (Å²) in [5, 5.41) is 10.2. The van der Waals surface area contributed by atoms with Gasteiger partial charge in [-0.05, 0) is 53.8 Å². The van der Waals surface area contributed by atoms with Gasteiger partial charge in [-0.15, -0.1) is 24.5 Å². The number of rotatable bonds is 8. The molecule has 0 saturated heterocycles. The number of ether oxygens (including phenoxy) is 1. The number of nitrogens with zero attached hydrogens (tertiary/aromatic N) is 2. The molecule has 0 aliphatic rings. The number of halogens is 4. The van der Waals surface area contributed by atoms with E-state index in [-0.39, 0.29) is 31.7 Å². The summed E-state index contributed by atoms with van der Waals surface area (Å²) in [4.78, 5) is 27.6. The fourth-order valence-electron chi connectivity index (χ4n) is 4.04. The van der Waals surface area contributed by atoms with E-state index in [2.05, 4.69) is 4.74 Å². The zero-order chi connectivity index (χ0) is 26.0. The van der Waals surface area contributed by atoms with Crippen LogP contribution in [-0.4, -0.2) is 27.2 Å². The number of benzene rings is 2. The molecule has 1 N–H and O–H groups in total. The average molecular weight is 539 g/mol. The van der Waals surface area contributed by atoms with Crippen LogP contribution in [0.2, 0.25) is 5.02 Å². The number of aliphatic hydroxyl groups excluding tert-OH is 1. The molecule has 6 nitrogen and oxygen atoms in total. The van der Waals surface area contributed by atoms with Crippen molar-refractivity contribution in [2.24, 2.45) is 7.05 Å². The van der Waals surface area contributed by atoms with Crippen LogP contribution >= 0.6 is 22.9 Å². The first kappa shape index (κ1) is 26.0. The molecule has 36 heavy (non-hydrogen) atoms. The highest BCUT2D eigenvalue weighted by Gasteiger charge is 2.31. The van der Waals surface area contributed by atoms with Gasteiger partial charge in [-0.3, -0.25) is 13.9 Å². The Morgan fingerprint density at radius 3 is 2.44 bits per heavy atom. The van der Waals surface area contributed by atoms with E-state index in [9.17, 15) is 27.9 Å². The van der Waals surface area contributed by atoms with Crippen LogP contribution in [0.25, 0.3) is 10.2 Å². The highest BCUT2D eigenvalue weighted by Crippen LogP contribution is 2.33. The minimum absolute atomic E-state index is 0.0698. The summed E-state index contributed by atoms with van der Waals surface area (Å²) in [6, 6.07) is 12.8. The van der Waals surface area contributed by atoms with Gasteiger partial charge in [0.25, 0.3) is 5.56 Å². The van der Waals surface area contributed by atoms with E-state index >= 15 is 0 Å². The Labute approximate surface area is 212 Å². The minimum Gasteiger partial charge on any atom is -0.406 e. The van der Waals surface area contributed by atoms with Crippen molar-refractivity contribution in [1.29, 1.82) is 0 Å². The van der Waals surface area contributed by atoms with Crippen molar-refractivity contribution in [3.63, 3.8) is 0 Å². The van der Waals surface area contributed by atoms with Gasteiger partial charge in [0.1, 0.15) is 10.6 Å². The van der Waals surface area contributed by atoms with Gasteiger partial charge in [0, 0.05) is 36.5 Å². The number of fused-ring (bicyclic) bond motifs is 1. The molecule has 0 fully saturated rings. The van der Waals surface area contributed by atoms with Gasteiger partial charge in [-0.1, -0.05) is 35.9 Å². The van der Waals surface area contributed by atoms with E-state index in [0.717, 1.165) is 15.0 Å². The summed E-state index contributed by atoms with van der Waals surface area (Å²) in [5.41, 5.74) is 1.18. The van der Waals surface area contributed by atoms with Crippen LogP contribution in [0.1, 0.15) is 28.0 Å². The third kappa shape index (κ3) is 5.66. The summed E-state index contributed by atoms with van der Waals surface area (Å²) in [7, 11) is 1.57. The quantitative estimate of drug-likeness (QED) is 0.347. The maximum Gasteiger partial charge on any atom is 0.573 e. The lowest BCUT2D eigenvalue weighted by Crippen LogP contribution is -2.39. The van der Waals surface area contributed by atoms with Crippen molar-refractivity contribution in [3.8, 4) is 5.75 Å². The first-order chi connectivity index (χ1) is 17.1. The van der Waals surface area contributed by atoms with Crippen LogP contribution < -0.4 is 16.0 Å². The molecular formula is C25H22ClF3N2O4S. The number of aliphatic hydroxyl groups is 1. The molecular weight excluding hydrogens is 517 g/mol. The lowest BCUT2D eigenvalue weighted by atomic mass is 10.00. The van der Waals surface area contributed by atoms with Gasteiger partial charge < -0.3 is 9.84 Å². The van der Waals surface area contributed by atoms with E-state index in [1.54, 1.807) is 25.2 Å². The van der Waals surface area contributed by atoms with Gasteiger partial charge in [0.2, 0.25) is 0 Å². The predicted octanol–water partition coefficient (Wildman–Crippen LogP) is 4.88. The molecule has 190 valence electrons. The third-order valence-corrected chi connectivity index (χ3v) is 7.24. The van der Waals surface area contributed by atoms with Crippen LogP contribution in [0.4, 0.5) is 13.2 Å². The number of aryl methyl sites for hydroxylation is 1. The highest BCUT2D eigenvalue weighted by atomic mass is 35.5. The summed E-state index contributed by atoms with van der Waals surface area (Å²) in [6.45, 7) is -0.100. The maximum absolute atomic E-state index is 13.5. The van der Waals surface area contributed by atoms with Crippen molar-refractivity contribution in [2.75, 3.05) is 6.61 Å². The standard InChI is InChI=1S/C25H22ClF3N2O4S/c1-30-23-21(22(33)31(24(30)34)10-3-11-32)19(13-15-6-8-17(26)9-7-15)20(36-23)14-16-4-2-5-18(12-16)35-25(27,28)29/h2,4-9,12,32H,3,10-11,13-14H2,1H3. The summed E-state index contributed by atoms with van der Waals surface area (Å²) < 4.78 is 44.7. The first-order valence-corrected chi connectivity index (χ1v) is 12.2. The Hall–Kier alpha value is -3.08. The Balaban J connectivity index is 1.87. The molecule has 0 atom stereocenters. The van der Waals surface area contributed by atoms with Crippen LogP contribution in [0.3, 0.4) is 0 Å². The smallest absolute Gasteiger partial charge is 0.406 e. The van der Waals surface area contributed by atoms with E-state index in [4.69, 9.17) is 11.6 Å². The van der Waals surface area contributed by atoms with Gasteiger partial charge >= 0.3 is 12.1 Å². The van der Waals surface area contributed by atoms with Crippen molar-refractivity contribution >= 4 is 33.2 Å². The molecule has 2 heterocycles. The van der Waals surface area contributed by atoms with Gasteiger partial charge in [0.15, 0.2) is 0 Å². The first-order valence-electron chi connectivity index (χ1n) is 11.0. The Kier molecular flexibility index (Phi) is 7.58. The molecule has 0 bridgehead atoms. The van der Waals surface area contributed by atoms with Crippen LogP contribution in [-0.2, 0) is 26.4 Å². The molecule has 0 amide bonds. The summed E-state index contributed by atoms with van der Waals surface area (Å²) >= 11 is 7.28. The topological polar surface area (TPSA) is 73.5 Å². The fraction of sp³-hybridized carbons (Fsp3) is 0.280. The highest BCUT2D eigenvalue weighted by molar-refractivity contribution is 7.18. The van der Waals surface area contributed by atoms with E-state index in [1.165, 1.54) is 34.1 Å². The monoisotopic (exact) mass is 538 g/mol. The molecule has 11 heteroatoms. The molecule has 0 aliphatic carbocycles. The maximum atomic E-state index is 13.5. The SMILES string of the molecule is Cn1c(=O)n(CCCO)c(=O)c2c(Cc3ccc(Cl)cc3)c(Cc3cccc(OC(F)(F)F)c3)sc21. The van der Waals surface area contributed by atoms with Crippen molar-refractivity contribution in [1.82, 2.24) is 9.13 Å². The van der Waals surface area contributed by atoms with E-state index in [0.29, 0.717) is 32.8 Å². The number of alkyl halides is 3. The van der Waals surface area contributed by atoms with Crippen LogP contribution in [0.5, 0.6) is 5.75 Å². The molecule has 2 aromatic heterocycles. The molecule has 2 aromatic carbocycles. The molecule has 0 saturated carbocycles. The second-order valence-electron chi connectivity index (χ2n) is 8.23. The molecule has 4 aromatic rings. The van der Waals surface area contributed by atoms with Crippen molar-refractivity contribution < 1.29 is 23.0 Å². The molecule has 0 unspecified atom stereocenters. The Bertz CT molecular complexity index is 1510. The minimum atomic E-state index is -4.81. The largest absolute Gasteiger partial charge is 0.573 e. The second-order valence-corrected chi connectivity index (χ2v) is 9.75. The number of thiophene rings is 1. The van der Waals surface area contributed by atoms with Gasteiger partial charge in [-0.25, -0.2) is 4.79 Å². The Morgan fingerprint density at radius 1 is 1.06 bits per heavy atom. The third-order valence-electron chi connectivity index (χ3n) is 5.68. The zero-order valence-electron chi connectivity index (χ0n) is 19.1. The number of aromatic nitrogens is 2. The van der Waals surface area contributed by atoms with Gasteiger partial charge in [-0.2, -0.15) is 0 Å². The average Bonchev–Trinajstić information content (AvgIpc) is 3.16. The van der Waals surface area contributed by atoms with Crippen molar-refractivity contribution in [3.05, 3.63) is 96.0 Å². The van der Waals surface area contributed by atoms with Gasteiger partial charge in [0.05, 0.1) is 5.39 Å². The van der Waals surface area contributed by atoms with E-state index in [1.807, 2.05) is 12.1 Å². The van der Waals surface area contributed by atoms with Crippen LogP contribution in [0.15, 0.2) is 58.1 Å².